The molecule has 1 atom stereocenters. The molecule has 1 aromatic carbocycles. The van der Waals surface area contributed by atoms with Crippen LogP contribution in [-0.2, 0) is 0 Å². The maximum atomic E-state index is 9.59. The smallest absolute Gasteiger partial charge is 0.193 e. The zero-order chi connectivity index (χ0) is 15.9. The minimum absolute atomic E-state index is 0.152. The van der Waals surface area contributed by atoms with E-state index in [0.29, 0.717) is 5.25 Å². The molecule has 0 bridgehead atoms. The van der Waals surface area contributed by atoms with Crippen molar-refractivity contribution in [2.24, 2.45) is 4.99 Å². The van der Waals surface area contributed by atoms with Crippen LogP contribution in [0.5, 0.6) is 0 Å². The van der Waals surface area contributed by atoms with E-state index in [9.17, 15) is 5.11 Å². The highest BCUT2D eigenvalue weighted by Gasteiger charge is 2.19. The monoisotopic (exact) mass is 385 g/mol. The highest BCUT2D eigenvalue weighted by atomic mass is 79.9. The van der Waals surface area contributed by atoms with Crippen LogP contribution in [-0.4, -0.2) is 54.0 Å². The third-order valence-corrected chi connectivity index (χ3v) is 5.32. The van der Waals surface area contributed by atoms with E-state index in [2.05, 4.69) is 62.3 Å². The zero-order valence-electron chi connectivity index (χ0n) is 13.1. The number of hydrogen-bond donors (Lipinski definition) is 2. The van der Waals surface area contributed by atoms with Gasteiger partial charge in [0.2, 0.25) is 0 Å². The summed E-state index contributed by atoms with van der Waals surface area (Å²) in [7, 11) is 1.82. The van der Waals surface area contributed by atoms with E-state index in [0.717, 1.165) is 42.9 Å². The van der Waals surface area contributed by atoms with Gasteiger partial charge in [-0.1, -0.05) is 22.9 Å². The number of thioether (sulfide) groups is 1. The Kier molecular flexibility index (Phi) is 7.05. The van der Waals surface area contributed by atoms with Crippen molar-refractivity contribution in [3.8, 4) is 0 Å². The number of aliphatic hydroxyl groups is 1. The van der Waals surface area contributed by atoms with Crippen LogP contribution in [0.15, 0.2) is 38.6 Å². The first-order valence-electron chi connectivity index (χ1n) is 7.64. The van der Waals surface area contributed by atoms with E-state index in [1.807, 2.05) is 18.8 Å². The second kappa shape index (κ2) is 8.79. The van der Waals surface area contributed by atoms with Crippen molar-refractivity contribution in [1.29, 1.82) is 0 Å². The van der Waals surface area contributed by atoms with E-state index >= 15 is 0 Å². The normalized spacial score (nSPS) is 18.4. The molecule has 4 nitrogen and oxygen atoms in total. The van der Waals surface area contributed by atoms with E-state index in [4.69, 9.17) is 0 Å². The van der Waals surface area contributed by atoms with Crippen LogP contribution in [0.4, 0.5) is 0 Å². The van der Waals surface area contributed by atoms with E-state index in [1.54, 1.807) is 0 Å². The Morgan fingerprint density at radius 2 is 2.05 bits per heavy atom. The number of guanidine groups is 1. The van der Waals surface area contributed by atoms with Gasteiger partial charge in [0.25, 0.3) is 0 Å². The Morgan fingerprint density at radius 3 is 2.64 bits per heavy atom. The maximum absolute atomic E-state index is 9.59. The molecule has 6 heteroatoms. The van der Waals surface area contributed by atoms with Crippen molar-refractivity contribution in [3.05, 3.63) is 28.7 Å². The third kappa shape index (κ3) is 5.48. The lowest BCUT2D eigenvalue weighted by Gasteiger charge is -2.32. The number of halogens is 1. The maximum Gasteiger partial charge on any atom is 0.193 e. The molecule has 0 radical (unpaired) electrons. The molecular formula is C16H24BrN3OS. The molecular weight excluding hydrogens is 362 g/mol. The molecule has 0 aromatic heterocycles. The first-order valence-corrected chi connectivity index (χ1v) is 9.31. The quantitative estimate of drug-likeness (QED) is 0.475. The number of nitrogens with one attached hydrogen (secondary N) is 1. The van der Waals surface area contributed by atoms with Crippen LogP contribution in [0.1, 0.15) is 19.8 Å². The van der Waals surface area contributed by atoms with Crippen LogP contribution in [0, 0.1) is 0 Å². The van der Waals surface area contributed by atoms with Crippen LogP contribution >= 0.6 is 27.7 Å². The van der Waals surface area contributed by atoms with Crippen molar-refractivity contribution >= 4 is 33.7 Å². The number of nitrogens with zero attached hydrogens (tertiary/aromatic N) is 2. The summed E-state index contributed by atoms with van der Waals surface area (Å²) < 4.78 is 1.11. The predicted molar refractivity (Wildman–Crippen MR) is 97.6 cm³/mol. The summed E-state index contributed by atoms with van der Waals surface area (Å²) in [5.74, 6) is 0.940. The molecule has 2 N–H and O–H groups in total. The van der Waals surface area contributed by atoms with Gasteiger partial charge in [0.1, 0.15) is 0 Å². The average Bonchev–Trinajstić information content (AvgIpc) is 2.52. The highest BCUT2D eigenvalue weighted by Crippen LogP contribution is 2.24. The number of piperidine rings is 1. The number of likely N-dealkylation sites (tertiary alicyclic amines) is 1. The minimum atomic E-state index is -0.152. The summed E-state index contributed by atoms with van der Waals surface area (Å²) in [4.78, 5) is 7.86. The second-order valence-electron chi connectivity index (χ2n) is 5.53. The minimum Gasteiger partial charge on any atom is -0.393 e. The largest absolute Gasteiger partial charge is 0.393 e. The van der Waals surface area contributed by atoms with Gasteiger partial charge in [0.15, 0.2) is 5.96 Å². The Morgan fingerprint density at radius 1 is 1.41 bits per heavy atom. The van der Waals surface area contributed by atoms with Gasteiger partial charge in [-0.25, -0.2) is 0 Å². The molecule has 1 aromatic rings. The lowest BCUT2D eigenvalue weighted by molar-refractivity contribution is 0.108. The van der Waals surface area contributed by atoms with Gasteiger partial charge in [0, 0.05) is 41.3 Å². The summed E-state index contributed by atoms with van der Waals surface area (Å²) in [6.45, 7) is 4.82. The number of rotatable bonds is 4. The summed E-state index contributed by atoms with van der Waals surface area (Å²) in [6, 6.07) is 8.40. The molecule has 1 saturated heterocycles. The molecule has 1 aliphatic heterocycles. The van der Waals surface area contributed by atoms with Gasteiger partial charge >= 0.3 is 0 Å². The Bertz CT molecular complexity index is 487. The second-order valence-corrected chi connectivity index (χ2v) is 7.96. The summed E-state index contributed by atoms with van der Waals surface area (Å²) in [5, 5.41) is 13.5. The topological polar surface area (TPSA) is 47.9 Å². The van der Waals surface area contributed by atoms with Gasteiger partial charge in [-0.2, -0.15) is 0 Å². The van der Waals surface area contributed by atoms with Crippen molar-refractivity contribution in [2.75, 3.05) is 26.7 Å². The predicted octanol–water partition coefficient (Wildman–Crippen LogP) is 2.96. The lowest BCUT2D eigenvalue weighted by Crippen LogP contribution is -2.47. The van der Waals surface area contributed by atoms with Crippen molar-refractivity contribution in [3.63, 3.8) is 0 Å². The van der Waals surface area contributed by atoms with Crippen LogP contribution in [0.25, 0.3) is 0 Å². The molecule has 0 spiro atoms. The van der Waals surface area contributed by atoms with E-state index < -0.39 is 0 Å². The molecule has 22 heavy (non-hydrogen) atoms. The van der Waals surface area contributed by atoms with Crippen molar-refractivity contribution < 1.29 is 5.11 Å². The fraction of sp³-hybridized carbons (Fsp3) is 0.562. The van der Waals surface area contributed by atoms with Crippen LogP contribution in [0.3, 0.4) is 0 Å². The molecule has 1 fully saturated rings. The average molecular weight is 386 g/mol. The van der Waals surface area contributed by atoms with Gasteiger partial charge in [-0.05, 0) is 37.1 Å². The number of aliphatic hydroxyl groups excluding tert-OH is 1. The van der Waals surface area contributed by atoms with E-state index in [-0.39, 0.29) is 6.10 Å². The summed E-state index contributed by atoms with van der Waals surface area (Å²) >= 11 is 5.31. The first kappa shape index (κ1) is 17.6. The Balaban J connectivity index is 1.79. The standard InChI is InChI=1S/C16H24BrN3OS/c1-12(22-15-5-3-13(17)4-6-15)11-19-16(18-2)20-9-7-14(21)8-10-20/h3-6,12,14,21H,7-11H2,1-2H3,(H,18,19). The highest BCUT2D eigenvalue weighted by molar-refractivity contribution is 9.10. The fourth-order valence-electron chi connectivity index (χ4n) is 2.43. The van der Waals surface area contributed by atoms with Crippen LogP contribution < -0.4 is 5.32 Å². The number of benzene rings is 1. The van der Waals surface area contributed by atoms with Gasteiger partial charge in [-0.3, -0.25) is 4.99 Å². The lowest BCUT2D eigenvalue weighted by atomic mass is 10.1. The SMILES string of the molecule is CN=C(NCC(C)Sc1ccc(Br)cc1)N1CCC(O)CC1. The third-order valence-electron chi connectivity index (χ3n) is 3.67. The zero-order valence-corrected chi connectivity index (χ0v) is 15.5. The summed E-state index contributed by atoms with van der Waals surface area (Å²) in [6.07, 6.45) is 1.49. The molecule has 0 aliphatic carbocycles. The van der Waals surface area contributed by atoms with Crippen molar-refractivity contribution in [2.45, 2.75) is 36.0 Å². The van der Waals surface area contributed by atoms with Gasteiger partial charge < -0.3 is 15.3 Å². The molecule has 0 saturated carbocycles. The van der Waals surface area contributed by atoms with Gasteiger partial charge in [0.05, 0.1) is 6.10 Å². The molecule has 1 heterocycles. The molecule has 1 unspecified atom stereocenters. The number of aliphatic imine (C=N–C) groups is 1. The molecule has 122 valence electrons. The van der Waals surface area contributed by atoms with E-state index in [1.165, 1.54) is 4.90 Å². The van der Waals surface area contributed by atoms with Crippen molar-refractivity contribution in [1.82, 2.24) is 10.2 Å². The molecule has 1 aliphatic rings. The van der Waals surface area contributed by atoms with Crippen LogP contribution in [0.2, 0.25) is 0 Å². The Labute approximate surface area is 145 Å². The number of hydrogen-bond acceptors (Lipinski definition) is 3. The Hall–Kier alpha value is -0.720. The van der Waals surface area contributed by atoms with Gasteiger partial charge in [-0.15, -0.1) is 11.8 Å². The summed E-state index contributed by atoms with van der Waals surface area (Å²) in [5.41, 5.74) is 0. The molecule has 0 amide bonds. The fourth-order valence-corrected chi connectivity index (χ4v) is 3.62. The first-order chi connectivity index (χ1) is 10.6. The molecule has 2 rings (SSSR count).